The number of ether oxygens (including phenoxy) is 1. The van der Waals surface area contributed by atoms with E-state index in [1.54, 1.807) is 0 Å². The molecule has 2 aliphatic rings. The second kappa shape index (κ2) is 6.18. The second-order valence-corrected chi connectivity index (χ2v) is 7.09. The van der Waals surface area contributed by atoms with E-state index in [-0.39, 0.29) is 0 Å². The molecule has 2 saturated carbocycles. The zero-order valence-electron chi connectivity index (χ0n) is 13.1. The smallest absolute Gasteiger partial charge is 0.122 e. The summed E-state index contributed by atoms with van der Waals surface area (Å²) in [6, 6.07) is 6.58. The Bertz CT molecular complexity index is 496. The molecule has 21 heavy (non-hydrogen) atoms. The molecule has 2 aliphatic carbocycles. The van der Waals surface area contributed by atoms with Crippen molar-refractivity contribution in [2.24, 2.45) is 5.41 Å². The van der Waals surface area contributed by atoms with Crippen LogP contribution in [0.5, 0.6) is 5.75 Å². The van der Waals surface area contributed by atoms with Crippen molar-refractivity contribution < 1.29 is 4.74 Å². The van der Waals surface area contributed by atoms with Crippen LogP contribution in [0, 0.1) is 12.3 Å². The average Bonchev–Trinajstić information content (AvgIpc) is 2.49. The Labute approximate surface area is 133 Å². The van der Waals surface area contributed by atoms with Crippen molar-refractivity contribution in [3.05, 3.63) is 28.8 Å². The number of aryl methyl sites for hydroxylation is 1. The van der Waals surface area contributed by atoms with Crippen LogP contribution >= 0.6 is 11.6 Å². The molecule has 1 aromatic rings. The summed E-state index contributed by atoms with van der Waals surface area (Å²) in [6.45, 7) is 5.34. The summed E-state index contributed by atoms with van der Waals surface area (Å²) in [7, 11) is 0. The number of benzene rings is 1. The first-order valence-corrected chi connectivity index (χ1v) is 8.70. The molecular weight excluding hydrogens is 282 g/mol. The van der Waals surface area contributed by atoms with Gasteiger partial charge in [0.2, 0.25) is 0 Å². The van der Waals surface area contributed by atoms with E-state index in [0.717, 1.165) is 29.3 Å². The summed E-state index contributed by atoms with van der Waals surface area (Å²) in [5.74, 6) is 1.00. The summed E-state index contributed by atoms with van der Waals surface area (Å²) < 4.78 is 6.41. The molecule has 0 bridgehead atoms. The lowest BCUT2D eigenvalue weighted by molar-refractivity contribution is -0.102. The highest BCUT2D eigenvalue weighted by Crippen LogP contribution is 2.53. The van der Waals surface area contributed by atoms with Crippen LogP contribution in [0.2, 0.25) is 5.02 Å². The van der Waals surface area contributed by atoms with E-state index in [1.807, 2.05) is 18.2 Å². The summed E-state index contributed by atoms with van der Waals surface area (Å²) in [4.78, 5) is 0. The van der Waals surface area contributed by atoms with Gasteiger partial charge in [-0.3, -0.25) is 0 Å². The van der Waals surface area contributed by atoms with Crippen molar-refractivity contribution in [1.82, 2.24) is 5.32 Å². The van der Waals surface area contributed by atoms with Gasteiger partial charge in [0.05, 0.1) is 0 Å². The Morgan fingerprint density at radius 2 is 2.05 bits per heavy atom. The molecule has 0 saturated heterocycles. The van der Waals surface area contributed by atoms with Gasteiger partial charge in [-0.05, 0) is 50.1 Å². The molecule has 2 nitrogen and oxygen atoms in total. The zero-order chi connectivity index (χ0) is 14.9. The minimum Gasteiger partial charge on any atom is -0.489 e. The SMILES string of the molecule is CCNC1CC(Oc2ccc(Cl)cc2C)C12CCCCC2. The van der Waals surface area contributed by atoms with Crippen molar-refractivity contribution in [3.63, 3.8) is 0 Å². The van der Waals surface area contributed by atoms with Gasteiger partial charge in [0.25, 0.3) is 0 Å². The standard InChI is InChI=1S/C18H26ClNO/c1-3-20-16-12-17(18(16)9-5-4-6-10-18)21-15-8-7-14(19)11-13(15)2/h7-8,11,16-17,20H,3-6,9-10,12H2,1-2H3. The van der Waals surface area contributed by atoms with Gasteiger partial charge in [-0.15, -0.1) is 0 Å². The molecule has 1 spiro atoms. The normalized spacial score (nSPS) is 27.4. The molecule has 2 unspecified atom stereocenters. The minimum atomic E-state index is 0.361. The van der Waals surface area contributed by atoms with Crippen LogP contribution in [0.15, 0.2) is 18.2 Å². The van der Waals surface area contributed by atoms with Crippen LogP contribution in [-0.2, 0) is 0 Å². The van der Waals surface area contributed by atoms with Gasteiger partial charge in [-0.25, -0.2) is 0 Å². The monoisotopic (exact) mass is 307 g/mol. The molecule has 3 heteroatoms. The van der Waals surface area contributed by atoms with Gasteiger partial charge < -0.3 is 10.1 Å². The molecule has 2 fully saturated rings. The lowest BCUT2D eigenvalue weighted by Crippen LogP contribution is -2.65. The van der Waals surface area contributed by atoms with E-state index >= 15 is 0 Å². The Morgan fingerprint density at radius 3 is 2.71 bits per heavy atom. The Hall–Kier alpha value is -0.730. The Balaban J connectivity index is 1.75. The van der Waals surface area contributed by atoms with Crippen molar-refractivity contribution in [2.45, 2.75) is 64.5 Å². The summed E-state index contributed by atoms with van der Waals surface area (Å²) in [5, 5.41) is 4.46. The maximum atomic E-state index is 6.41. The molecule has 0 amide bonds. The third-order valence-electron chi connectivity index (χ3n) is 5.43. The molecule has 0 radical (unpaired) electrons. The maximum absolute atomic E-state index is 6.41. The van der Waals surface area contributed by atoms with Crippen molar-refractivity contribution in [1.29, 1.82) is 0 Å². The molecule has 0 aliphatic heterocycles. The molecular formula is C18H26ClNO. The number of hydrogen-bond acceptors (Lipinski definition) is 2. The first kappa shape index (κ1) is 15.2. The molecule has 116 valence electrons. The third-order valence-corrected chi connectivity index (χ3v) is 5.66. The van der Waals surface area contributed by atoms with E-state index in [4.69, 9.17) is 16.3 Å². The number of rotatable bonds is 4. The molecule has 2 atom stereocenters. The Morgan fingerprint density at radius 1 is 1.29 bits per heavy atom. The van der Waals surface area contributed by atoms with Crippen molar-refractivity contribution in [2.75, 3.05) is 6.54 Å². The quantitative estimate of drug-likeness (QED) is 0.868. The van der Waals surface area contributed by atoms with Crippen LogP contribution in [0.1, 0.15) is 51.0 Å². The van der Waals surface area contributed by atoms with E-state index in [9.17, 15) is 0 Å². The molecule has 1 aromatic carbocycles. The molecule has 3 rings (SSSR count). The fourth-order valence-electron chi connectivity index (χ4n) is 4.22. The highest BCUT2D eigenvalue weighted by atomic mass is 35.5. The minimum absolute atomic E-state index is 0.361. The van der Waals surface area contributed by atoms with Gasteiger partial charge in [0.15, 0.2) is 0 Å². The first-order chi connectivity index (χ1) is 10.2. The number of halogens is 1. The highest BCUT2D eigenvalue weighted by molar-refractivity contribution is 6.30. The first-order valence-electron chi connectivity index (χ1n) is 8.32. The average molecular weight is 308 g/mol. The van der Waals surface area contributed by atoms with E-state index in [1.165, 1.54) is 32.1 Å². The van der Waals surface area contributed by atoms with Crippen molar-refractivity contribution >= 4 is 11.6 Å². The Kier molecular flexibility index (Phi) is 4.46. The fraction of sp³-hybridized carbons (Fsp3) is 0.667. The van der Waals surface area contributed by atoms with Crippen LogP contribution < -0.4 is 10.1 Å². The zero-order valence-corrected chi connectivity index (χ0v) is 13.9. The van der Waals surface area contributed by atoms with Crippen molar-refractivity contribution in [3.8, 4) is 5.75 Å². The van der Waals surface area contributed by atoms with E-state index in [2.05, 4.69) is 19.2 Å². The largest absolute Gasteiger partial charge is 0.489 e. The summed E-state index contributed by atoms with van der Waals surface area (Å²) in [6.07, 6.45) is 8.19. The van der Waals surface area contributed by atoms with Gasteiger partial charge in [-0.2, -0.15) is 0 Å². The predicted octanol–water partition coefficient (Wildman–Crippen LogP) is 4.73. The van der Waals surface area contributed by atoms with Gasteiger partial charge >= 0.3 is 0 Å². The van der Waals surface area contributed by atoms with Crippen LogP contribution in [0.25, 0.3) is 0 Å². The van der Waals surface area contributed by atoms with Gasteiger partial charge in [0.1, 0.15) is 11.9 Å². The molecule has 1 N–H and O–H groups in total. The van der Waals surface area contributed by atoms with E-state index < -0.39 is 0 Å². The predicted molar refractivity (Wildman–Crippen MR) is 88.2 cm³/mol. The lowest BCUT2D eigenvalue weighted by atomic mass is 9.55. The molecule has 0 aromatic heterocycles. The number of hydrogen-bond donors (Lipinski definition) is 1. The molecule has 0 heterocycles. The summed E-state index contributed by atoms with van der Waals surface area (Å²) >= 11 is 6.04. The van der Waals surface area contributed by atoms with E-state index in [0.29, 0.717) is 17.6 Å². The topological polar surface area (TPSA) is 21.3 Å². The van der Waals surface area contributed by atoms with Gasteiger partial charge in [0, 0.05) is 22.9 Å². The second-order valence-electron chi connectivity index (χ2n) is 6.66. The van der Waals surface area contributed by atoms with Crippen LogP contribution in [0.4, 0.5) is 0 Å². The number of nitrogens with one attached hydrogen (secondary N) is 1. The van der Waals surface area contributed by atoms with Gasteiger partial charge in [-0.1, -0.05) is 37.8 Å². The lowest BCUT2D eigenvalue weighted by Gasteiger charge is -2.57. The summed E-state index contributed by atoms with van der Waals surface area (Å²) in [5.41, 5.74) is 1.50. The van der Waals surface area contributed by atoms with Crippen LogP contribution in [0.3, 0.4) is 0 Å². The van der Waals surface area contributed by atoms with Crippen LogP contribution in [-0.4, -0.2) is 18.7 Å². The third kappa shape index (κ3) is 2.80. The fourth-order valence-corrected chi connectivity index (χ4v) is 4.45. The highest BCUT2D eigenvalue weighted by Gasteiger charge is 2.56. The maximum Gasteiger partial charge on any atom is 0.122 e.